The lowest BCUT2D eigenvalue weighted by Gasteiger charge is -2.31. The monoisotopic (exact) mass is 573 g/mol. The number of rotatable bonds is 14. The summed E-state index contributed by atoms with van der Waals surface area (Å²) in [7, 11) is -3.71. The van der Waals surface area contributed by atoms with Gasteiger partial charge >= 0.3 is 0 Å². The van der Waals surface area contributed by atoms with E-state index in [1.54, 1.807) is 18.2 Å². The van der Waals surface area contributed by atoms with E-state index in [9.17, 15) is 22.4 Å². The van der Waals surface area contributed by atoms with Crippen molar-refractivity contribution in [2.24, 2.45) is 0 Å². The van der Waals surface area contributed by atoms with E-state index in [1.165, 1.54) is 29.2 Å². The van der Waals surface area contributed by atoms with Crippen LogP contribution >= 0.6 is 23.2 Å². The predicted octanol–water partition coefficient (Wildman–Crippen LogP) is 5.40. The van der Waals surface area contributed by atoms with Gasteiger partial charge in [-0.15, -0.1) is 0 Å². The molecule has 0 spiro atoms. The maximum absolute atomic E-state index is 13.4. The maximum Gasteiger partial charge on any atom is 0.242 e. The van der Waals surface area contributed by atoms with Crippen LogP contribution in [-0.4, -0.2) is 50.5 Å². The van der Waals surface area contributed by atoms with E-state index < -0.39 is 21.9 Å². The molecule has 0 unspecified atom stereocenters. The second-order valence-electron chi connectivity index (χ2n) is 8.75. The van der Waals surface area contributed by atoms with Gasteiger partial charge in [0.2, 0.25) is 21.8 Å². The molecule has 1 N–H and O–H groups in total. The molecule has 11 heteroatoms. The van der Waals surface area contributed by atoms with Gasteiger partial charge in [0.15, 0.2) is 0 Å². The Morgan fingerprint density at radius 3 is 2.32 bits per heavy atom. The van der Waals surface area contributed by atoms with Crippen molar-refractivity contribution in [3.05, 3.63) is 63.9 Å². The van der Waals surface area contributed by atoms with E-state index in [2.05, 4.69) is 5.32 Å². The molecule has 204 valence electrons. The maximum atomic E-state index is 13.4. The van der Waals surface area contributed by atoms with Gasteiger partial charge in [-0.2, -0.15) is 0 Å². The molecule has 0 radical (unpaired) electrons. The zero-order valence-electron chi connectivity index (χ0n) is 21.3. The fourth-order valence-electron chi connectivity index (χ4n) is 3.87. The highest BCUT2D eigenvalue weighted by atomic mass is 35.5. The molecular weight excluding hydrogens is 540 g/mol. The first-order chi connectivity index (χ1) is 17.5. The first-order valence-electron chi connectivity index (χ1n) is 12.2. The molecule has 1 atom stereocenters. The normalized spacial score (nSPS) is 12.2. The van der Waals surface area contributed by atoms with Crippen molar-refractivity contribution in [2.45, 2.75) is 58.5 Å². The minimum absolute atomic E-state index is 0.00544. The van der Waals surface area contributed by atoms with Gasteiger partial charge in [0.05, 0.1) is 17.0 Å². The number of nitrogens with one attached hydrogen (secondary N) is 1. The molecule has 0 bridgehead atoms. The van der Waals surface area contributed by atoms with Crippen LogP contribution in [0.5, 0.6) is 0 Å². The molecule has 0 heterocycles. The van der Waals surface area contributed by atoms with E-state index in [4.69, 9.17) is 23.2 Å². The minimum Gasteiger partial charge on any atom is -0.354 e. The van der Waals surface area contributed by atoms with Crippen molar-refractivity contribution in [2.75, 3.05) is 23.7 Å². The summed E-state index contributed by atoms with van der Waals surface area (Å²) in [5, 5.41) is 3.43. The molecule has 0 aliphatic rings. The Morgan fingerprint density at radius 1 is 1.05 bits per heavy atom. The number of carbonyl (C=O) groups is 2. The van der Waals surface area contributed by atoms with Crippen LogP contribution in [0.3, 0.4) is 0 Å². The largest absolute Gasteiger partial charge is 0.354 e. The van der Waals surface area contributed by atoms with Crippen molar-refractivity contribution >= 4 is 50.7 Å². The molecule has 0 aliphatic carbocycles. The van der Waals surface area contributed by atoms with Gasteiger partial charge < -0.3 is 10.2 Å². The summed E-state index contributed by atoms with van der Waals surface area (Å²) in [5.41, 5.74) is 0.909. The number of amides is 2. The molecular formula is C26H34Cl2FN3O4S. The Balaban J connectivity index is 2.22. The number of hydrogen-bond acceptors (Lipinski definition) is 4. The highest BCUT2D eigenvalue weighted by molar-refractivity contribution is 7.92. The Kier molecular flexibility index (Phi) is 12.1. The van der Waals surface area contributed by atoms with Gasteiger partial charge in [-0.1, -0.05) is 55.6 Å². The Morgan fingerprint density at radius 2 is 1.73 bits per heavy atom. The number of unbranched alkanes of at least 4 members (excludes halogenated alkanes) is 1. The third kappa shape index (κ3) is 9.47. The predicted molar refractivity (Wildman–Crippen MR) is 147 cm³/mol. The summed E-state index contributed by atoms with van der Waals surface area (Å²) >= 11 is 12.3. The molecule has 0 aliphatic heterocycles. The standard InChI is InChI=1S/C26H34Cl2FN3O4S/c1-4-6-15-30-26(34)23(5-2)31(18-19-9-12-21(29)13-10-19)25(33)8-7-16-32(37(3,35)36)24-17-20(27)11-14-22(24)28/h9-14,17,23H,4-8,15-16,18H2,1-3H3,(H,30,34)/t23-/m0/s1. The van der Waals surface area contributed by atoms with Crippen LogP contribution in [0, 0.1) is 5.82 Å². The molecule has 0 aromatic heterocycles. The topological polar surface area (TPSA) is 86.8 Å². The lowest BCUT2D eigenvalue weighted by molar-refractivity contribution is -0.141. The summed E-state index contributed by atoms with van der Waals surface area (Å²) in [5.74, 6) is -0.964. The number of sulfonamides is 1. The smallest absolute Gasteiger partial charge is 0.242 e. The number of nitrogens with zero attached hydrogens (tertiary/aromatic N) is 2. The average Bonchev–Trinajstić information content (AvgIpc) is 2.84. The summed E-state index contributed by atoms with van der Waals surface area (Å²) in [4.78, 5) is 27.8. The van der Waals surface area contributed by atoms with Gasteiger partial charge in [0, 0.05) is 31.1 Å². The van der Waals surface area contributed by atoms with Crippen LogP contribution in [0.2, 0.25) is 10.0 Å². The van der Waals surface area contributed by atoms with Crippen LogP contribution in [-0.2, 0) is 26.2 Å². The average molecular weight is 575 g/mol. The van der Waals surface area contributed by atoms with Gasteiger partial charge in [0.25, 0.3) is 0 Å². The molecule has 7 nitrogen and oxygen atoms in total. The molecule has 37 heavy (non-hydrogen) atoms. The number of halogens is 3. The van der Waals surface area contributed by atoms with E-state index in [0.717, 1.165) is 23.4 Å². The second-order valence-corrected chi connectivity index (χ2v) is 11.5. The van der Waals surface area contributed by atoms with Crippen molar-refractivity contribution in [1.29, 1.82) is 0 Å². The quantitative estimate of drug-likeness (QED) is 0.306. The number of anilines is 1. The van der Waals surface area contributed by atoms with Gasteiger partial charge in [-0.05, 0) is 55.2 Å². The fourth-order valence-corrected chi connectivity index (χ4v) is 5.28. The third-order valence-electron chi connectivity index (χ3n) is 5.81. The van der Waals surface area contributed by atoms with E-state index >= 15 is 0 Å². The van der Waals surface area contributed by atoms with Crippen LogP contribution < -0.4 is 9.62 Å². The van der Waals surface area contributed by atoms with E-state index in [1.807, 2.05) is 13.8 Å². The molecule has 0 saturated carbocycles. The zero-order valence-corrected chi connectivity index (χ0v) is 23.7. The Bertz CT molecular complexity index is 1160. The Hall–Kier alpha value is -2.36. The van der Waals surface area contributed by atoms with Crippen LogP contribution in [0.25, 0.3) is 0 Å². The fraction of sp³-hybridized carbons (Fsp3) is 0.462. The van der Waals surface area contributed by atoms with Crippen LogP contribution in [0.4, 0.5) is 10.1 Å². The first kappa shape index (κ1) is 30.9. The number of benzene rings is 2. The lowest BCUT2D eigenvalue weighted by Crippen LogP contribution is -2.49. The van der Waals surface area contributed by atoms with Crippen molar-refractivity contribution in [3.63, 3.8) is 0 Å². The highest BCUT2D eigenvalue weighted by Gasteiger charge is 2.29. The third-order valence-corrected chi connectivity index (χ3v) is 7.55. The molecule has 2 rings (SSSR count). The van der Waals surface area contributed by atoms with E-state index in [-0.39, 0.29) is 48.5 Å². The molecule has 0 saturated heterocycles. The summed E-state index contributed by atoms with van der Waals surface area (Å²) in [6.45, 7) is 4.46. The molecule has 2 amide bonds. The second kappa shape index (κ2) is 14.5. The summed E-state index contributed by atoms with van der Waals surface area (Å²) < 4.78 is 39.5. The lowest BCUT2D eigenvalue weighted by atomic mass is 10.1. The van der Waals surface area contributed by atoms with E-state index in [0.29, 0.717) is 23.6 Å². The molecule has 2 aromatic rings. The SMILES string of the molecule is CCCCNC(=O)[C@H](CC)N(Cc1ccc(F)cc1)C(=O)CCCN(c1cc(Cl)ccc1Cl)S(C)(=O)=O. The zero-order chi connectivity index (χ0) is 27.6. The number of carbonyl (C=O) groups excluding carboxylic acids is 2. The van der Waals surface area contributed by atoms with Gasteiger partial charge in [-0.25, -0.2) is 12.8 Å². The Labute approximate surface area is 229 Å². The first-order valence-corrected chi connectivity index (χ1v) is 14.8. The minimum atomic E-state index is -3.71. The highest BCUT2D eigenvalue weighted by Crippen LogP contribution is 2.31. The van der Waals surface area contributed by atoms with Gasteiger partial charge in [0.1, 0.15) is 11.9 Å². The van der Waals surface area contributed by atoms with Crippen LogP contribution in [0.15, 0.2) is 42.5 Å². The number of hydrogen-bond donors (Lipinski definition) is 1. The van der Waals surface area contributed by atoms with Crippen molar-refractivity contribution < 1.29 is 22.4 Å². The summed E-state index contributed by atoms with van der Waals surface area (Å²) in [6, 6.07) is 9.56. The summed E-state index contributed by atoms with van der Waals surface area (Å²) in [6.07, 6.45) is 3.36. The van der Waals surface area contributed by atoms with Crippen LogP contribution in [0.1, 0.15) is 51.5 Å². The van der Waals surface area contributed by atoms with Gasteiger partial charge in [-0.3, -0.25) is 13.9 Å². The van der Waals surface area contributed by atoms with Crippen molar-refractivity contribution in [3.8, 4) is 0 Å². The molecule has 0 fully saturated rings. The van der Waals surface area contributed by atoms with Crippen molar-refractivity contribution in [1.82, 2.24) is 10.2 Å². The molecule has 2 aromatic carbocycles.